The van der Waals surface area contributed by atoms with Crippen LogP contribution in [0.5, 0.6) is 0 Å². The van der Waals surface area contributed by atoms with E-state index in [9.17, 15) is 61.9 Å². The largest absolute Gasteiger partial charge is 0.460 e. The predicted octanol–water partition coefficient (Wildman–Crippen LogP) is 5.49. The van der Waals surface area contributed by atoms with Gasteiger partial charge in [0, 0.05) is 11.6 Å². The summed E-state index contributed by atoms with van der Waals surface area (Å²) in [5.74, 6) is -37.3. The van der Waals surface area contributed by atoms with Crippen molar-refractivity contribution in [3.8, 4) is 0 Å². The van der Waals surface area contributed by atoms with E-state index in [1.807, 2.05) is 0 Å². The van der Waals surface area contributed by atoms with Crippen molar-refractivity contribution in [2.45, 2.75) is 42.2 Å². The standard InChI is InChI=1S/C9H4ClF13O2/c10-3(24)25-2-1-4(11,12)5(13,14)6(15,16)7(17,18)8(19,20)9(21,22)23/h1-2H2. The summed E-state index contributed by atoms with van der Waals surface area (Å²) in [7, 11) is 0. The van der Waals surface area contributed by atoms with Gasteiger partial charge in [-0.1, -0.05) is 0 Å². The number of carbonyl (C=O) groups excluding carboxylic acids is 1. The van der Waals surface area contributed by atoms with Gasteiger partial charge in [-0.15, -0.1) is 0 Å². The van der Waals surface area contributed by atoms with Gasteiger partial charge in [0.2, 0.25) is 0 Å². The molecule has 0 unspecified atom stereocenters. The van der Waals surface area contributed by atoms with Crippen LogP contribution in [0.2, 0.25) is 0 Å². The van der Waals surface area contributed by atoms with Gasteiger partial charge in [0.25, 0.3) is 0 Å². The van der Waals surface area contributed by atoms with E-state index in [4.69, 9.17) is 0 Å². The summed E-state index contributed by atoms with van der Waals surface area (Å²) >= 11 is 4.41. The van der Waals surface area contributed by atoms with Crippen LogP contribution in [0.4, 0.5) is 61.9 Å². The second-order valence-electron chi connectivity index (χ2n) is 4.34. The van der Waals surface area contributed by atoms with E-state index in [0.717, 1.165) is 0 Å². The Labute approximate surface area is 133 Å². The average molecular weight is 427 g/mol. The van der Waals surface area contributed by atoms with Crippen molar-refractivity contribution in [1.29, 1.82) is 0 Å². The zero-order valence-corrected chi connectivity index (χ0v) is 11.8. The summed E-state index contributed by atoms with van der Waals surface area (Å²) in [5.41, 5.74) is -1.90. The van der Waals surface area contributed by atoms with Gasteiger partial charge in [0.1, 0.15) is 0 Å². The highest BCUT2D eigenvalue weighted by molar-refractivity contribution is 6.61. The lowest BCUT2D eigenvalue weighted by Gasteiger charge is -2.39. The maximum atomic E-state index is 13.1. The smallest absolute Gasteiger partial charge is 0.453 e. The van der Waals surface area contributed by atoms with Gasteiger partial charge in [-0.05, 0) is 0 Å². The van der Waals surface area contributed by atoms with Crippen molar-refractivity contribution in [1.82, 2.24) is 0 Å². The van der Waals surface area contributed by atoms with Gasteiger partial charge in [0.05, 0.1) is 13.0 Å². The van der Waals surface area contributed by atoms with Crippen LogP contribution in [0.3, 0.4) is 0 Å². The first-order valence-electron chi connectivity index (χ1n) is 5.45. The number of carbonyl (C=O) groups is 1. The van der Waals surface area contributed by atoms with Crippen LogP contribution in [-0.4, -0.2) is 47.8 Å². The topological polar surface area (TPSA) is 26.3 Å². The molecule has 0 aromatic rings. The third kappa shape index (κ3) is 3.84. The summed E-state index contributed by atoms with van der Waals surface area (Å²) in [5, 5.41) is 0. The molecule has 0 aromatic heterocycles. The molecule has 0 aliphatic rings. The lowest BCUT2D eigenvalue weighted by atomic mass is 9.93. The highest BCUT2D eigenvalue weighted by Gasteiger charge is 2.90. The van der Waals surface area contributed by atoms with Gasteiger partial charge < -0.3 is 4.74 Å². The SMILES string of the molecule is O=C(Cl)OCCC(F)(F)C(F)(F)C(F)(F)C(F)(F)C(F)(F)C(F)(F)F. The second kappa shape index (κ2) is 6.54. The Morgan fingerprint density at radius 1 is 0.680 bits per heavy atom. The number of hydrogen-bond donors (Lipinski definition) is 0. The Bertz CT molecular complexity index is 498. The first-order valence-corrected chi connectivity index (χ1v) is 5.82. The van der Waals surface area contributed by atoms with Crippen molar-refractivity contribution in [2.75, 3.05) is 6.61 Å². The first-order chi connectivity index (χ1) is 10.7. The highest BCUT2D eigenvalue weighted by atomic mass is 35.5. The van der Waals surface area contributed by atoms with Crippen LogP contribution in [-0.2, 0) is 4.74 Å². The van der Waals surface area contributed by atoms with Crippen LogP contribution >= 0.6 is 11.6 Å². The Hall–Kier alpha value is -1.15. The molecule has 25 heavy (non-hydrogen) atoms. The maximum Gasteiger partial charge on any atom is 0.460 e. The van der Waals surface area contributed by atoms with Gasteiger partial charge in [-0.3, -0.25) is 0 Å². The zero-order chi connectivity index (χ0) is 20.7. The monoisotopic (exact) mass is 426 g/mol. The Balaban J connectivity index is 5.90. The van der Waals surface area contributed by atoms with E-state index in [-0.39, 0.29) is 0 Å². The summed E-state index contributed by atoms with van der Waals surface area (Å²) in [4.78, 5) is 10.00. The zero-order valence-electron chi connectivity index (χ0n) is 11.0. The summed E-state index contributed by atoms with van der Waals surface area (Å²) < 4.78 is 167. The fraction of sp³-hybridized carbons (Fsp3) is 0.889. The van der Waals surface area contributed by atoms with Crippen molar-refractivity contribution in [2.24, 2.45) is 0 Å². The van der Waals surface area contributed by atoms with Gasteiger partial charge >= 0.3 is 41.2 Å². The molecule has 0 saturated heterocycles. The minimum Gasteiger partial charge on any atom is -0.453 e. The van der Waals surface area contributed by atoms with Crippen molar-refractivity contribution >= 4 is 17.0 Å². The summed E-state index contributed by atoms with van der Waals surface area (Å²) in [6.45, 7) is -1.86. The molecule has 0 heterocycles. The molecule has 0 bridgehead atoms. The van der Waals surface area contributed by atoms with E-state index < -0.39 is 54.2 Å². The maximum absolute atomic E-state index is 13.1. The molecule has 2 nitrogen and oxygen atoms in total. The minimum atomic E-state index is -7.95. The minimum absolute atomic E-state index is 1.86. The van der Waals surface area contributed by atoms with Crippen LogP contribution in [0, 0.1) is 0 Å². The third-order valence-corrected chi connectivity index (χ3v) is 2.74. The van der Waals surface area contributed by atoms with E-state index >= 15 is 0 Å². The number of ether oxygens (including phenoxy) is 1. The molecule has 0 spiro atoms. The van der Waals surface area contributed by atoms with E-state index in [1.54, 1.807) is 0 Å². The molecule has 0 aliphatic heterocycles. The first kappa shape index (κ1) is 23.8. The van der Waals surface area contributed by atoms with Crippen LogP contribution in [0.15, 0.2) is 0 Å². The molecule has 16 heteroatoms. The van der Waals surface area contributed by atoms with Crippen LogP contribution < -0.4 is 0 Å². The number of rotatable bonds is 7. The van der Waals surface area contributed by atoms with Crippen LogP contribution in [0.25, 0.3) is 0 Å². The van der Waals surface area contributed by atoms with E-state index in [2.05, 4.69) is 16.3 Å². The third-order valence-electron chi connectivity index (χ3n) is 2.63. The fourth-order valence-electron chi connectivity index (χ4n) is 1.22. The Kier molecular flexibility index (Phi) is 6.24. The van der Waals surface area contributed by atoms with Gasteiger partial charge in [-0.2, -0.15) is 57.1 Å². The molecule has 0 aromatic carbocycles. The normalized spacial score (nSPS) is 15.3. The number of hydrogen-bond acceptors (Lipinski definition) is 2. The predicted molar refractivity (Wildman–Crippen MR) is 52.6 cm³/mol. The van der Waals surface area contributed by atoms with Crippen molar-refractivity contribution in [3.05, 3.63) is 0 Å². The lowest BCUT2D eigenvalue weighted by molar-refractivity contribution is -0.440. The quantitative estimate of drug-likeness (QED) is 0.397. The van der Waals surface area contributed by atoms with Crippen molar-refractivity contribution < 1.29 is 66.6 Å². The fourth-order valence-corrected chi connectivity index (χ4v) is 1.30. The molecule has 0 fully saturated rings. The van der Waals surface area contributed by atoms with Gasteiger partial charge in [0.15, 0.2) is 0 Å². The molecule has 0 N–H and O–H groups in total. The molecule has 0 atom stereocenters. The molecule has 150 valence electrons. The Morgan fingerprint density at radius 3 is 1.36 bits per heavy atom. The van der Waals surface area contributed by atoms with Crippen molar-refractivity contribution in [3.63, 3.8) is 0 Å². The molecular weight excluding hydrogens is 423 g/mol. The summed E-state index contributed by atoms with van der Waals surface area (Å²) in [6, 6.07) is 0. The number of halogens is 14. The Morgan fingerprint density at radius 2 is 1.04 bits per heavy atom. The van der Waals surface area contributed by atoms with Gasteiger partial charge in [-0.25, -0.2) is 4.79 Å². The van der Waals surface area contributed by atoms with E-state index in [0.29, 0.717) is 0 Å². The molecular formula is C9H4ClF13O2. The lowest BCUT2D eigenvalue weighted by Crippen LogP contribution is -2.70. The molecule has 0 radical (unpaired) electrons. The van der Waals surface area contributed by atoms with Crippen LogP contribution in [0.1, 0.15) is 6.42 Å². The summed E-state index contributed by atoms with van der Waals surface area (Å²) in [6.07, 6.45) is -10.1. The molecule has 0 rings (SSSR count). The number of alkyl halides is 13. The molecule has 0 aliphatic carbocycles. The van der Waals surface area contributed by atoms with E-state index in [1.165, 1.54) is 0 Å². The average Bonchev–Trinajstić information content (AvgIpc) is 2.35. The second-order valence-corrected chi connectivity index (χ2v) is 4.64. The molecule has 0 amide bonds. The highest BCUT2D eigenvalue weighted by Crippen LogP contribution is 2.60. The molecule has 0 saturated carbocycles.